The van der Waals surface area contributed by atoms with Crippen molar-refractivity contribution in [2.45, 2.75) is 68.2 Å². The Morgan fingerprint density at radius 1 is 0.929 bits per heavy atom. The Bertz CT molecular complexity index is 159. The molecule has 0 aliphatic heterocycles. The van der Waals surface area contributed by atoms with E-state index in [1.165, 1.54) is 12.8 Å². The molecule has 0 spiro atoms. The van der Waals surface area contributed by atoms with Crippen molar-refractivity contribution >= 4 is 0 Å². The van der Waals surface area contributed by atoms with Crippen molar-refractivity contribution in [3.8, 4) is 0 Å². The van der Waals surface area contributed by atoms with E-state index in [0.29, 0.717) is 10.8 Å². The van der Waals surface area contributed by atoms with Gasteiger partial charge in [0, 0.05) is 0 Å². The van der Waals surface area contributed by atoms with E-state index in [4.69, 9.17) is 0 Å². The van der Waals surface area contributed by atoms with E-state index < -0.39 is 0 Å². The van der Waals surface area contributed by atoms with E-state index in [-0.39, 0.29) is 0 Å². The molecule has 0 aliphatic rings. The van der Waals surface area contributed by atoms with Crippen LogP contribution in [0.25, 0.3) is 0 Å². The Kier molecular flexibility index (Phi) is 4.68. The second-order valence-corrected chi connectivity index (χ2v) is 6.51. The van der Waals surface area contributed by atoms with Gasteiger partial charge in [-0.2, -0.15) is 0 Å². The van der Waals surface area contributed by atoms with Crippen LogP contribution in [0.3, 0.4) is 0 Å². The highest BCUT2D eigenvalue weighted by molar-refractivity contribution is 4.85. The van der Waals surface area contributed by atoms with Gasteiger partial charge in [0.25, 0.3) is 0 Å². The molecule has 0 N–H and O–H groups in total. The van der Waals surface area contributed by atoms with E-state index in [1.54, 1.807) is 0 Å². The minimum atomic E-state index is 0.438. The molecule has 0 aliphatic carbocycles. The first-order valence-corrected chi connectivity index (χ1v) is 6.16. The van der Waals surface area contributed by atoms with Crippen LogP contribution < -0.4 is 0 Å². The zero-order valence-corrected chi connectivity index (χ0v) is 11.6. The molecule has 2 atom stereocenters. The molecule has 0 amide bonds. The molecule has 0 aromatic rings. The summed E-state index contributed by atoms with van der Waals surface area (Å²) in [5.41, 5.74) is 0.925. The maximum atomic E-state index is 2.42. The molecule has 0 rings (SSSR count). The predicted octanol–water partition coefficient (Wildman–Crippen LogP) is 5.13. The standard InChI is InChI=1S/C14H30/c1-9-12(14(7,8)10-2)11(3)13(4,5)6/h11-12H,9-10H2,1-8H3. The van der Waals surface area contributed by atoms with Crippen LogP contribution in [0.5, 0.6) is 0 Å². The van der Waals surface area contributed by atoms with Crippen molar-refractivity contribution in [1.82, 2.24) is 0 Å². The molecule has 0 bridgehead atoms. The van der Waals surface area contributed by atoms with Gasteiger partial charge in [0.2, 0.25) is 0 Å². The maximum absolute atomic E-state index is 2.42. The van der Waals surface area contributed by atoms with Crippen LogP contribution in [0.4, 0.5) is 0 Å². The monoisotopic (exact) mass is 198 g/mol. The van der Waals surface area contributed by atoms with Crippen LogP contribution in [0.1, 0.15) is 68.2 Å². The van der Waals surface area contributed by atoms with E-state index in [9.17, 15) is 0 Å². The Morgan fingerprint density at radius 2 is 1.36 bits per heavy atom. The lowest BCUT2D eigenvalue weighted by Crippen LogP contribution is -2.35. The summed E-state index contributed by atoms with van der Waals surface area (Å²) in [7, 11) is 0. The van der Waals surface area contributed by atoms with Gasteiger partial charge in [-0.1, -0.05) is 68.2 Å². The molecule has 0 heteroatoms. The van der Waals surface area contributed by atoms with Gasteiger partial charge < -0.3 is 0 Å². The Hall–Kier alpha value is 0. The molecule has 0 radical (unpaired) electrons. The number of hydrogen-bond acceptors (Lipinski definition) is 0. The molecule has 0 nitrogen and oxygen atoms in total. The fourth-order valence-electron chi connectivity index (χ4n) is 2.45. The first-order valence-electron chi connectivity index (χ1n) is 6.16. The Balaban J connectivity index is 4.73. The summed E-state index contributed by atoms with van der Waals surface area (Å²) < 4.78 is 0. The molecule has 14 heavy (non-hydrogen) atoms. The topological polar surface area (TPSA) is 0 Å². The van der Waals surface area contributed by atoms with Crippen LogP contribution in [0, 0.1) is 22.7 Å². The summed E-state index contributed by atoms with van der Waals surface area (Å²) in [4.78, 5) is 0. The van der Waals surface area contributed by atoms with E-state index >= 15 is 0 Å². The highest BCUT2D eigenvalue weighted by Gasteiger charge is 2.35. The highest BCUT2D eigenvalue weighted by Crippen LogP contribution is 2.44. The second kappa shape index (κ2) is 4.68. The Labute approximate surface area is 91.5 Å². The lowest BCUT2D eigenvalue weighted by molar-refractivity contribution is 0.0663. The van der Waals surface area contributed by atoms with Crippen molar-refractivity contribution in [2.75, 3.05) is 0 Å². The largest absolute Gasteiger partial charge is 0.0651 e. The molecule has 0 aromatic carbocycles. The van der Waals surface area contributed by atoms with Gasteiger partial charge in [-0.3, -0.25) is 0 Å². The summed E-state index contributed by atoms with van der Waals surface area (Å²) in [6.45, 7) is 19.0. The average molecular weight is 198 g/mol. The quantitative estimate of drug-likeness (QED) is 0.587. The van der Waals surface area contributed by atoms with Gasteiger partial charge in [0.1, 0.15) is 0 Å². The molecule has 0 saturated carbocycles. The predicted molar refractivity (Wildman–Crippen MR) is 66.5 cm³/mol. The van der Waals surface area contributed by atoms with E-state index in [0.717, 1.165) is 11.8 Å². The molecule has 86 valence electrons. The zero-order valence-electron chi connectivity index (χ0n) is 11.6. The summed E-state index contributed by atoms with van der Waals surface area (Å²) >= 11 is 0. The first kappa shape index (κ1) is 14.0. The van der Waals surface area contributed by atoms with Gasteiger partial charge in [-0.25, -0.2) is 0 Å². The smallest absolute Gasteiger partial charge is 0.0326 e. The minimum absolute atomic E-state index is 0.438. The molecule has 0 heterocycles. The van der Waals surface area contributed by atoms with Crippen molar-refractivity contribution in [3.63, 3.8) is 0 Å². The van der Waals surface area contributed by atoms with Crippen LogP contribution >= 0.6 is 0 Å². The molecular formula is C14H30. The Morgan fingerprint density at radius 3 is 1.57 bits per heavy atom. The minimum Gasteiger partial charge on any atom is -0.0651 e. The SMILES string of the molecule is CCC(C(C)C(C)(C)C)C(C)(C)CC. The summed E-state index contributed by atoms with van der Waals surface area (Å²) in [5, 5.41) is 0. The maximum Gasteiger partial charge on any atom is -0.0326 e. The lowest BCUT2D eigenvalue weighted by atomic mass is 9.62. The van der Waals surface area contributed by atoms with Gasteiger partial charge in [0.05, 0.1) is 0 Å². The van der Waals surface area contributed by atoms with E-state index in [2.05, 4.69) is 55.4 Å². The third-order valence-corrected chi connectivity index (χ3v) is 4.32. The van der Waals surface area contributed by atoms with Crippen LogP contribution in [0.2, 0.25) is 0 Å². The molecular weight excluding hydrogens is 168 g/mol. The normalized spacial score (nSPS) is 18.0. The van der Waals surface area contributed by atoms with Crippen molar-refractivity contribution in [3.05, 3.63) is 0 Å². The average Bonchev–Trinajstić information content (AvgIpc) is 2.03. The molecule has 0 saturated heterocycles. The van der Waals surface area contributed by atoms with E-state index in [1.807, 2.05) is 0 Å². The van der Waals surface area contributed by atoms with Crippen molar-refractivity contribution in [2.24, 2.45) is 22.7 Å². The van der Waals surface area contributed by atoms with Crippen LogP contribution in [0.15, 0.2) is 0 Å². The summed E-state index contributed by atoms with van der Waals surface area (Å²) in [6, 6.07) is 0. The van der Waals surface area contributed by atoms with Crippen molar-refractivity contribution in [1.29, 1.82) is 0 Å². The second-order valence-electron chi connectivity index (χ2n) is 6.51. The van der Waals surface area contributed by atoms with Gasteiger partial charge in [-0.05, 0) is 22.7 Å². The number of hydrogen-bond donors (Lipinski definition) is 0. The zero-order chi connectivity index (χ0) is 11.6. The summed E-state index contributed by atoms with van der Waals surface area (Å²) in [5.74, 6) is 1.63. The van der Waals surface area contributed by atoms with Gasteiger partial charge >= 0.3 is 0 Å². The molecule has 0 fully saturated rings. The fraction of sp³-hybridized carbons (Fsp3) is 1.00. The van der Waals surface area contributed by atoms with Crippen LogP contribution in [-0.2, 0) is 0 Å². The lowest BCUT2D eigenvalue weighted by Gasteiger charge is -2.43. The fourth-order valence-corrected chi connectivity index (χ4v) is 2.45. The van der Waals surface area contributed by atoms with Gasteiger partial charge in [-0.15, -0.1) is 0 Å². The van der Waals surface area contributed by atoms with Crippen LogP contribution in [-0.4, -0.2) is 0 Å². The third-order valence-electron chi connectivity index (χ3n) is 4.32. The third kappa shape index (κ3) is 3.29. The summed E-state index contributed by atoms with van der Waals surface area (Å²) in [6.07, 6.45) is 2.59. The molecule has 0 aromatic heterocycles. The number of rotatable bonds is 4. The van der Waals surface area contributed by atoms with Gasteiger partial charge in [0.15, 0.2) is 0 Å². The molecule has 2 unspecified atom stereocenters. The van der Waals surface area contributed by atoms with Crippen molar-refractivity contribution < 1.29 is 0 Å². The highest BCUT2D eigenvalue weighted by atomic mass is 14.4. The first-order chi connectivity index (χ1) is 6.16.